The zero-order valence-electron chi connectivity index (χ0n) is 17.1. The lowest BCUT2D eigenvalue weighted by molar-refractivity contribution is 0.0434. The fourth-order valence-corrected chi connectivity index (χ4v) is 3.77. The topological polar surface area (TPSA) is 87.3 Å². The number of carbonyl (C=O) groups is 1. The van der Waals surface area contributed by atoms with Crippen LogP contribution in [0.5, 0.6) is 0 Å². The summed E-state index contributed by atoms with van der Waals surface area (Å²) in [5.74, 6) is 0.653. The van der Waals surface area contributed by atoms with Crippen LogP contribution in [0.3, 0.4) is 0 Å². The molecule has 2 atom stereocenters. The molecular formula is C21H30N4O3. The maximum absolute atomic E-state index is 12.3. The van der Waals surface area contributed by atoms with Crippen LogP contribution in [0, 0.1) is 0 Å². The average molecular weight is 386 g/mol. The molecule has 28 heavy (non-hydrogen) atoms. The third-order valence-corrected chi connectivity index (χ3v) is 5.00. The van der Waals surface area contributed by atoms with Crippen LogP contribution in [-0.4, -0.2) is 45.2 Å². The number of benzene rings is 1. The Balaban J connectivity index is 1.73. The number of likely N-dealkylation sites (tertiary alicyclic amines) is 1. The van der Waals surface area contributed by atoms with Crippen molar-refractivity contribution in [2.24, 2.45) is 0 Å². The Morgan fingerprint density at radius 3 is 2.86 bits per heavy atom. The van der Waals surface area contributed by atoms with E-state index in [1.807, 2.05) is 45.9 Å². The third-order valence-electron chi connectivity index (χ3n) is 5.00. The molecule has 1 aliphatic rings. The van der Waals surface area contributed by atoms with E-state index in [2.05, 4.69) is 20.2 Å². The van der Waals surface area contributed by atoms with Gasteiger partial charge in [0.1, 0.15) is 11.4 Å². The second kappa shape index (κ2) is 8.31. The average Bonchev–Trinajstić information content (AvgIpc) is 2.60. The van der Waals surface area contributed by atoms with Crippen LogP contribution in [0.2, 0.25) is 0 Å². The number of nitrogens with zero attached hydrogens (tertiary/aromatic N) is 2. The molecule has 0 spiro atoms. The van der Waals surface area contributed by atoms with Crippen molar-refractivity contribution in [1.29, 1.82) is 0 Å². The number of nitrogens with one attached hydrogen (secondary N) is 2. The van der Waals surface area contributed by atoms with Crippen molar-refractivity contribution in [2.75, 3.05) is 6.54 Å². The van der Waals surface area contributed by atoms with Gasteiger partial charge < -0.3 is 15.0 Å². The summed E-state index contributed by atoms with van der Waals surface area (Å²) in [7, 11) is 0. The molecule has 1 saturated heterocycles. The summed E-state index contributed by atoms with van der Waals surface area (Å²) in [6, 6.07) is 7.45. The summed E-state index contributed by atoms with van der Waals surface area (Å²) >= 11 is 0. The smallest absolute Gasteiger partial charge is 0.407 e. The van der Waals surface area contributed by atoms with Crippen molar-refractivity contribution in [3.8, 4) is 0 Å². The van der Waals surface area contributed by atoms with E-state index in [-0.39, 0.29) is 17.6 Å². The first-order valence-electron chi connectivity index (χ1n) is 9.94. The van der Waals surface area contributed by atoms with Crippen LogP contribution >= 0.6 is 0 Å². The molecule has 1 amide bonds. The van der Waals surface area contributed by atoms with E-state index in [0.717, 1.165) is 25.8 Å². The van der Waals surface area contributed by atoms with Crippen molar-refractivity contribution in [2.45, 2.75) is 71.2 Å². The SMILES string of the molecule is CC(NC(=O)OC(C)(C)C)C1CCCCN1Cc1nc2ccccc2c(=O)[nH]1. The quantitative estimate of drug-likeness (QED) is 0.843. The Kier molecular flexibility index (Phi) is 6.03. The minimum Gasteiger partial charge on any atom is -0.444 e. The molecule has 1 aromatic carbocycles. The number of ether oxygens (including phenoxy) is 1. The van der Waals surface area contributed by atoms with Gasteiger partial charge in [0.2, 0.25) is 0 Å². The first-order chi connectivity index (χ1) is 13.2. The van der Waals surface area contributed by atoms with Gasteiger partial charge in [0.25, 0.3) is 5.56 Å². The zero-order chi connectivity index (χ0) is 20.3. The van der Waals surface area contributed by atoms with Crippen LogP contribution in [0.25, 0.3) is 10.9 Å². The Hall–Kier alpha value is -2.41. The summed E-state index contributed by atoms with van der Waals surface area (Å²) in [6.07, 6.45) is 2.79. The van der Waals surface area contributed by atoms with Gasteiger partial charge in [-0.3, -0.25) is 9.69 Å². The van der Waals surface area contributed by atoms with E-state index < -0.39 is 11.7 Å². The number of H-pyrrole nitrogens is 1. The normalized spacial score (nSPS) is 19.4. The van der Waals surface area contributed by atoms with Crippen molar-refractivity contribution in [3.05, 3.63) is 40.4 Å². The molecule has 7 heteroatoms. The summed E-state index contributed by atoms with van der Waals surface area (Å²) in [6.45, 7) is 9.01. The number of piperidine rings is 1. The van der Waals surface area contributed by atoms with Crippen molar-refractivity contribution < 1.29 is 9.53 Å². The van der Waals surface area contributed by atoms with Gasteiger partial charge in [-0.2, -0.15) is 0 Å². The highest BCUT2D eigenvalue weighted by Crippen LogP contribution is 2.22. The van der Waals surface area contributed by atoms with Gasteiger partial charge in [-0.1, -0.05) is 18.6 Å². The lowest BCUT2D eigenvalue weighted by Gasteiger charge is -2.39. The molecule has 1 aliphatic heterocycles. The van der Waals surface area contributed by atoms with Crippen molar-refractivity contribution in [3.63, 3.8) is 0 Å². The molecule has 1 aromatic heterocycles. The van der Waals surface area contributed by atoms with Gasteiger partial charge in [0.15, 0.2) is 0 Å². The first-order valence-corrected chi connectivity index (χ1v) is 9.94. The van der Waals surface area contributed by atoms with E-state index >= 15 is 0 Å². The molecule has 2 aromatic rings. The lowest BCUT2D eigenvalue weighted by atomic mass is 9.96. The maximum atomic E-state index is 12.3. The lowest BCUT2D eigenvalue weighted by Crippen LogP contribution is -2.52. The second-order valence-electron chi connectivity index (χ2n) is 8.50. The molecule has 7 nitrogen and oxygen atoms in total. The van der Waals surface area contributed by atoms with Gasteiger partial charge in [-0.25, -0.2) is 9.78 Å². The summed E-state index contributed by atoms with van der Waals surface area (Å²) in [5, 5.41) is 3.57. The predicted molar refractivity (Wildman–Crippen MR) is 109 cm³/mol. The number of aromatic nitrogens is 2. The minimum atomic E-state index is -0.523. The van der Waals surface area contributed by atoms with Gasteiger partial charge >= 0.3 is 6.09 Å². The zero-order valence-corrected chi connectivity index (χ0v) is 17.1. The maximum Gasteiger partial charge on any atom is 0.407 e. The molecule has 0 bridgehead atoms. The standard InChI is InChI=1S/C21H30N4O3/c1-14(22-20(27)28-21(2,3)4)17-11-7-8-12-25(17)13-18-23-16-10-6-5-9-15(16)19(26)24-18/h5-6,9-10,14,17H,7-8,11-13H2,1-4H3,(H,22,27)(H,23,24,26). The van der Waals surface area contributed by atoms with E-state index in [4.69, 9.17) is 4.74 Å². The number of aromatic amines is 1. The summed E-state index contributed by atoms with van der Waals surface area (Å²) in [5.41, 5.74) is 0.0636. The molecular weight excluding hydrogens is 356 g/mol. The Bertz CT molecular complexity index is 887. The Labute approximate surface area is 165 Å². The van der Waals surface area contributed by atoms with Crippen molar-refractivity contribution in [1.82, 2.24) is 20.2 Å². The van der Waals surface area contributed by atoms with Crippen LogP contribution < -0.4 is 10.9 Å². The number of hydrogen-bond donors (Lipinski definition) is 2. The van der Waals surface area contributed by atoms with Gasteiger partial charge in [-0.15, -0.1) is 0 Å². The molecule has 0 saturated carbocycles. The van der Waals surface area contributed by atoms with Gasteiger partial charge in [0.05, 0.1) is 17.4 Å². The molecule has 2 unspecified atom stereocenters. The highest BCUT2D eigenvalue weighted by atomic mass is 16.6. The number of alkyl carbamates (subject to hydrolysis) is 1. The minimum absolute atomic E-state index is 0.0673. The van der Waals surface area contributed by atoms with E-state index in [0.29, 0.717) is 23.3 Å². The summed E-state index contributed by atoms with van der Waals surface area (Å²) < 4.78 is 5.39. The fourth-order valence-electron chi connectivity index (χ4n) is 3.77. The molecule has 0 radical (unpaired) electrons. The number of carbonyl (C=O) groups excluding carboxylic acids is 1. The first kappa shape index (κ1) is 20.3. The molecule has 1 fully saturated rings. The molecule has 152 valence electrons. The van der Waals surface area contributed by atoms with Crippen molar-refractivity contribution >= 4 is 17.0 Å². The van der Waals surface area contributed by atoms with E-state index in [1.54, 1.807) is 6.07 Å². The number of hydrogen-bond acceptors (Lipinski definition) is 5. The molecule has 3 rings (SSSR count). The largest absolute Gasteiger partial charge is 0.444 e. The van der Waals surface area contributed by atoms with Gasteiger partial charge in [0, 0.05) is 12.1 Å². The summed E-state index contributed by atoms with van der Waals surface area (Å²) in [4.78, 5) is 34.3. The molecule has 0 aliphatic carbocycles. The number of para-hydroxylation sites is 1. The highest BCUT2D eigenvalue weighted by molar-refractivity contribution is 5.77. The number of amides is 1. The van der Waals surface area contributed by atoms with Crippen LogP contribution in [0.1, 0.15) is 52.8 Å². The van der Waals surface area contributed by atoms with Crippen LogP contribution in [0.15, 0.2) is 29.1 Å². The highest BCUT2D eigenvalue weighted by Gasteiger charge is 2.30. The Morgan fingerprint density at radius 2 is 2.11 bits per heavy atom. The van der Waals surface area contributed by atoms with Crippen LogP contribution in [0.4, 0.5) is 4.79 Å². The van der Waals surface area contributed by atoms with Crippen LogP contribution in [-0.2, 0) is 11.3 Å². The number of fused-ring (bicyclic) bond motifs is 1. The monoisotopic (exact) mass is 386 g/mol. The molecule has 2 heterocycles. The predicted octanol–water partition coefficient (Wildman–Crippen LogP) is 3.19. The second-order valence-corrected chi connectivity index (χ2v) is 8.50. The number of rotatable bonds is 4. The molecule has 2 N–H and O–H groups in total. The third kappa shape index (κ3) is 5.10. The fraction of sp³-hybridized carbons (Fsp3) is 0.571. The Morgan fingerprint density at radius 1 is 1.36 bits per heavy atom. The van der Waals surface area contributed by atoms with E-state index in [1.165, 1.54) is 0 Å². The van der Waals surface area contributed by atoms with Gasteiger partial charge in [-0.05, 0) is 59.2 Å². The van der Waals surface area contributed by atoms with E-state index in [9.17, 15) is 9.59 Å².